The molecule has 3 fully saturated rings. The van der Waals surface area contributed by atoms with Gasteiger partial charge in [-0.05, 0) is 42.5 Å². The molecule has 0 aromatic heterocycles. The molecule has 1 N–H and O–H groups in total. The van der Waals surface area contributed by atoms with Gasteiger partial charge in [-0.25, -0.2) is 4.39 Å². The van der Waals surface area contributed by atoms with Gasteiger partial charge in [-0.1, -0.05) is 42.5 Å². The molecular weight excluding hydrogens is 393 g/mol. The zero-order valence-electron chi connectivity index (χ0n) is 17.6. The number of hydrogen-bond donors (Lipinski definition) is 1. The number of carbonyl (C=O) groups is 2. The summed E-state index contributed by atoms with van der Waals surface area (Å²) in [5.41, 5.74) is 1.17. The second kappa shape index (κ2) is 7.75. The molecule has 1 spiro atoms. The number of hydrogen-bond acceptors (Lipinski definition) is 3. The highest BCUT2D eigenvalue weighted by molar-refractivity contribution is 5.91. The second-order valence-electron chi connectivity index (χ2n) is 9.34. The Hall–Kier alpha value is -2.73. The van der Waals surface area contributed by atoms with E-state index in [0.29, 0.717) is 39.1 Å². The van der Waals surface area contributed by atoms with E-state index in [1.807, 2.05) is 41.3 Å². The summed E-state index contributed by atoms with van der Waals surface area (Å²) < 4.78 is 13.6. The molecule has 6 heteroatoms. The summed E-state index contributed by atoms with van der Waals surface area (Å²) in [4.78, 5) is 30.2. The van der Waals surface area contributed by atoms with Gasteiger partial charge in [0.25, 0.3) is 0 Å². The van der Waals surface area contributed by atoms with E-state index in [4.69, 9.17) is 0 Å². The summed E-state index contributed by atoms with van der Waals surface area (Å²) in [6.07, 6.45) is 2.93. The van der Waals surface area contributed by atoms with E-state index in [2.05, 4.69) is 10.2 Å². The van der Waals surface area contributed by atoms with E-state index in [0.717, 1.165) is 30.4 Å². The van der Waals surface area contributed by atoms with Crippen LogP contribution in [-0.4, -0.2) is 53.3 Å². The normalized spacial score (nSPS) is 25.3. The number of nitrogens with zero attached hydrogens (tertiary/aromatic N) is 2. The third kappa shape index (κ3) is 3.97. The van der Waals surface area contributed by atoms with Crippen molar-refractivity contribution in [2.45, 2.75) is 43.2 Å². The van der Waals surface area contributed by atoms with Gasteiger partial charge in [0.2, 0.25) is 11.8 Å². The monoisotopic (exact) mass is 421 g/mol. The standard InChI is InChI=1S/C25H28FN3O2/c26-21-8-4-5-19(15-21)16-28-13-9-22(30)27-24(17-28)12-14-29(18-24)23(31)25(10-11-25)20-6-2-1-3-7-20/h1-8,15H,9-14,16-18H2,(H,27,30). The minimum Gasteiger partial charge on any atom is -0.347 e. The van der Waals surface area contributed by atoms with E-state index >= 15 is 0 Å². The van der Waals surface area contributed by atoms with Gasteiger partial charge in [0.05, 0.1) is 11.0 Å². The van der Waals surface area contributed by atoms with Crippen LogP contribution < -0.4 is 5.32 Å². The number of carbonyl (C=O) groups excluding carboxylic acids is 2. The fourth-order valence-electron chi connectivity index (χ4n) is 5.28. The predicted octanol–water partition coefficient (Wildman–Crippen LogP) is 2.85. The van der Waals surface area contributed by atoms with Crippen molar-refractivity contribution in [3.63, 3.8) is 0 Å². The lowest BCUT2D eigenvalue weighted by molar-refractivity contribution is -0.133. The third-order valence-electron chi connectivity index (χ3n) is 7.01. The first kappa shape index (κ1) is 20.2. The quantitative estimate of drug-likeness (QED) is 0.826. The molecule has 1 atom stereocenters. The first-order valence-corrected chi connectivity index (χ1v) is 11.1. The Balaban J connectivity index is 1.32. The summed E-state index contributed by atoms with van der Waals surface area (Å²) in [7, 11) is 0. The van der Waals surface area contributed by atoms with E-state index in [1.54, 1.807) is 12.1 Å². The Morgan fingerprint density at radius 3 is 2.55 bits per heavy atom. The number of amides is 2. The van der Waals surface area contributed by atoms with E-state index in [1.165, 1.54) is 6.07 Å². The molecule has 5 rings (SSSR count). The zero-order chi connectivity index (χ0) is 21.5. The highest BCUT2D eigenvalue weighted by atomic mass is 19.1. The maximum atomic E-state index is 13.6. The SMILES string of the molecule is O=C1CCN(Cc2cccc(F)c2)CC2(CCN(C(=O)C3(c4ccccc4)CC3)C2)N1. The van der Waals surface area contributed by atoms with Crippen molar-refractivity contribution in [2.24, 2.45) is 0 Å². The van der Waals surface area contributed by atoms with Crippen LogP contribution in [0.1, 0.15) is 36.8 Å². The largest absolute Gasteiger partial charge is 0.347 e. The molecule has 2 heterocycles. The fraction of sp³-hybridized carbons (Fsp3) is 0.440. The molecule has 5 nitrogen and oxygen atoms in total. The Kier molecular flexibility index (Phi) is 5.05. The molecule has 2 aliphatic heterocycles. The predicted molar refractivity (Wildman–Crippen MR) is 116 cm³/mol. The first-order valence-electron chi connectivity index (χ1n) is 11.1. The Morgan fingerprint density at radius 2 is 1.81 bits per heavy atom. The molecule has 1 unspecified atom stereocenters. The van der Waals surface area contributed by atoms with Crippen LogP contribution in [0.15, 0.2) is 54.6 Å². The molecule has 31 heavy (non-hydrogen) atoms. The number of rotatable bonds is 4. The smallest absolute Gasteiger partial charge is 0.233 e. The van der Waals surface area contributed by atoms with Crippen LogP contribution in [0.5, 0.6) is 0 Å². The topological polar surface area (TPSA) is 52.7 Å². The second-order valence-corrected chi connectivity index (χ2v) is 9.34. The minimum absolute atomic E-state index is 0.0280. The summed E-state index contributed by atoms with van der Waals surface area (Å²) in [6, 6.07) is 16.7. The van der Waals surface area contributed by atoms with Crippen molar-refractivity contribution in [2.75, 3.05) is 26.2 Å². The molecule has 0 bridgehead atoms. The summed E-state index contributed by atoms with van der Waals surface area (Å²) >= 11 is 0. The Morgan fingerprint density at radius 1 is 1.00 bits per heavy atom. The Bertz CT molecular complexity index is 991. The number of likely N-dealkylation sites (tertiary alicyclic amines) is 1. The molecule has 2 amide bonds. The average molecular weight is 422 g/mol. The molecule has 2 aromatic carbocycles. The summed E-state index contributed by atoms with van der Waals surface area (Å²) in [5, 5.41) is 3.23. The zero-order valence-corrected chi connectivity index (χ0v) is 17.6. The van der Waals surface area contributed by atoms with Crippen molar-refractivity contribution >= 4 is 11.8 Å². The van der Waals surface area contributed by atoms with Crippen molar-refractivity contribution in [1.82, 2.24) is 15.1 Å². The van der Waals surface area contributed by atoms with Gasteiger partial charge in [-0.15, -0.1) is 0 Å². The molecule has 1 saturated carbocycles. The van der Waals surface area contributed by atoms with E-state index < -0.39 is 5.54 Å². The van der Waals surface area contributed by atoms with Crippen LogP contribution in [0.3, 0.4) is 0 Å². The van der Waals surface area contributed by atoms with Gasteiger partial charge in [-0.2, -0.15) is 0 Å². The van der Waals surface area contributed by atoms with Crippen molar-refractivity contribution in [1.29, 1.82) is 0 Å². The lowest BCUT2D eigenvalue weighted by Crippen LogP contribution is -2.55. The molecule has 1 aliphatic carbocycles. The lowest BCUT2D eigenvalue weighted by Gasteiger charge is -2.33. The van der Waals surface area contributed by atoms with Crippen LogP contribution in [0.2, 0.25) is 0 Å². The van der Waals surface area contributed by atoms with Gasteiger partial charge in [-0.3, -0.25) is 14.5 Å². The van der Waals surface area contributed by atoms with Gasteiger partial charge >= 0.3 is 0 Å². The third-order valence-corrected chi connectivity index (χ3v) is 7.01. The van der Waals surface area contributed by atoms with Crippen LogP contribution in [0, 0.1) is 5.82 Å². The number of halogens is 1. The van der Waals surface area contributed by atoms with Crippen molar-refractivity contribution in [3.8, 4) is 0 Å². The van der Waals surface area contributed by atoms with Gasteiger partial charge in [0, 0.05) is 39.1 Å². The molecular formula is C25H28FN3O2. The van der Waals surface area contributed by atoms with Crippen LogP contribution in [-0.2, 0) is 21.5 Å². The summed E-state index contributed by atoms with van der Waals surface area (Å²) in [6.45, 7) is 3.08. The average Bonchev–Trinajstić information content (AvgIpc) is 3.50. The van der Waals surface area contributed by atoms with E-state index in [-0.39, 0.29) is 23.0 Å². The van der Waals surface area contributed by atoms with Crippen LogP contribution in [0.25, 0.3) is 0 Å². The molecule has 2 saturated heterocycles. The van der Waals surface area contributed by atoms with Crippen molar-refractivity contribution < 1.29 is 14.0 Å². The highest BCUT2D eigenvalue weighted by Crippen LogP contribution is 2.50. The van der Waals surface area contributed by atoms with Crippen molar-refractivity contribution in [3.05, 3.63) is 71.5 Å². The van der Waals surface area contributed by atoms with Gasteiger partial charge in [0.15, 0.2) is 0 Å². The number of benzene rings is 2. The molecule has 162 valence electrons. The van der Waals surface area contributed by atoms with Gasteiger partial charge < -0.3 is 10.2 Å². The fourth-order valence-corrected chi connectivity index (χ4v) is 5.28. The van der Waals surface area contributed by atoms with Gasteiger partial charge in [0.1, 0.15) is 5.82 Å². The first-order chi connectivity index (χ1) is 15.0. The molecule has 0 radical (unpaired) electrons. The molecule has 2 aromatic rings. The summed E-state index contributed by atoms with van der Waals surface area (Å²) in [5.74, 6) is -0.0319. The van der Waals surface area contributed by atoms with E-state index in [9.17, 15) is 14.0 Å². The lowest BCUT2D eigenvalue weighted by atomic mass is 9.94. The van der Waals surface area contributed by atoms with Crippen LogP contribution >= 0.6 is 0 Å². The number of nitrogens with one attached hydrogen (secondary N) is 1. The highest BCUT2D eigenvalue weighted by Gasteiger charge is 2.55. The minimum atomic E-state index is -0.441. The maximum absolute atomic E-state index is 13.6. The molecule has 3 aliphatic rings. The Labute approximate surface area is 182 Å². The maximum Gasteiger partial charge on any atom is 0.233 e. The van der Waals surface area contributed by atoms with Crippen LogP contribution in [0.4, 0.5) is 4.39 Å².